The van der Waals surface area contributed by atoms with Crippen LogP contribution in [0.1, 0.15) is 11.8 Å². The van der Waals surface area contributed by atoms with Crippen LogP contribution >= 0.6 is 27.3 Å². The molecule has 1 aromatic heterocycles. The van der Waals surface area contributed by atoms with Crippen molar-refractivity contribution in [1.82, 2.24) is 5.32 Å². The maximum absolute atomic E-state index is 11.1. The van der Waals surface area contributed by atoms with E-state index in [9.17, 15) is 4.79 Å². The predicted octanol–water partition coefficient (Wildman–Crippen LogP) is 2.41. The number of ether oxygens (including phenoxy) is 1. The molecule has 1 heterocycles. The number of carbonyl (C=O) groups excluding carboxylic acids is 1. The highest BCUT2D eigenvalue weighted by Gasteiger charge is 2.11. The summed E-state index contributed by atoms with van der Waals surface area (Å²) in [5.41, 5.74) is 0. The van der Waals surface area contributed by atoms with E-state index in [1.54, 1.807) is 11.3 Å². The Balaban J connectivity index is 2.24. The van der Waals surface area contributed by atoms with Crippen LogP contribution in [0.3, 0.4) is 0 Å². The van der Waals surface area contributed by atoms with Gasteiger partial charge < -0.3 is 10.1 Å². The number of rotatable bonds is 5. The summed E-state index contributed by atoms with van der Waals surface area (Å²) < 4.78 is 5.76. The highest BCUT2D eigenvalue weighted by atomic mass is 79.9. The molecule has 0 fully saturated rings. The Kier molecular flexibility index (Phi) is 5.28. The Morgan fingerprint density at radius 3 is 2.93 bits per heavy atom. The topological polar surface area (TPSA) is 38.3 Å². The number of methoxy groups -OCH3 is 1. The molecular weight excluding hydrogens is 278 g/mol. The first-order valence-electron chi connectivity index (χ1n) is 4.66. The number of halogens is 1. The second kappa shape index (κ2) is 6.25. The Morgan fingerprint density at radius 1 is 1.67 bits per heavy atom. The zero-order valence-electron chi connectivity index (χ0n) is 8.75. The van der Waals surface area contributed by atoms with E-state index in [4.69, 9.17) is 0 Å². The molecule has 84 valence electrons. The fraction of sp³-hybridized carbons (Fsp3) is 0.500. The van der Waals surface area contributed by atoms with Gasteiger partial charge in [-0.3, -0.25) is 4.79 Å². The molecule has 0 saturated heterocycles. The third-order valence-electron chi connectivity index (χ3n) is 1.98. The highest BCUT2D eigenvalue weighted by Crippen LogP contribution is 2.21. The quantitative estimate of drug-likeness (QED) is 0.847. The van der Waals surface area contributed by atoms with Gasteiger partial charge in [-0.2, -0.15) is 0 Å². The summed E-state index contributed by atoms with van der Waals surface area (Å²) in [6.07, 6.45) is 0. The molecule has 1 N–H and O–H groups in total. The smallest absolute Gasteiger partial charge is 0.309 e. The summed E-state index contributed by atoms with van der Waals surface area (Å²) in [4.78, 5) is 12.3. The first-order chi connectivity index (χ1) is 7.13. The van der Waals surface area contributed by atoms with E-state index in [-0.39, 0.29) is 11.9 Å². The van der Waals surface area contributed by atoms with Crippen molar-refractivity contribution in [2.24, 2.45) is 5.92 Å². The summed E-state index contributed by atoms with van der Waals surface area (Å²) >= 11 is 5.10. The van der Waals surface area contributed by atoms with E-state index < -0.39 is 0 Å². The summed E-state index contributed by atoms with van der Waals surface area (Å²) in [6.45, 7) is 3.28. The molecule has 0 spiro atoms. The summed E-state index contributed by atoms with van der Waals surface area (Å²) in [6, 6.07) is 4.08. The first kappa shape index (κ1) is 12.7. The Labute approximate surface area is 102 Å². The molecule has 3 nitrogen and oxygen atoms in total. The summed E-state index contributed by atoms with van der Waals surface area (Å²) in [7, 11) is 1.41. The van der Waals surface area contributed by atoms with Crippen molar-refractivity contribution in [2.45, 2.75) is 13.5 Å². The normalized spacial score (nSPS) is 12.5. The molecule has 0 saturated carbocycles. The lowest BCUT2D eigenvalue weighted by molar-refractivity contribution is -0.144. The maximum Gasteiger partial charge on any atom is 0.309 e. The van der Waals surface area contributed by atoms with Gasteiger partial charge in [-0.25, -0.2) is 0 Å². The zero-order valence-corrected chi connectivity index (χ0v) is 11.2. The van der Waals surface area contributed by atoms with E-state index in [0.717, 1.165) is 10.3 Å². The van der Waals surface area contributed by atoms with Crippen LogP contribution in [0.25, 0.3) is 0 Å². The Hall–Kier alpha value is -0.390. The van der Waals surface area contributed by atoms with Crippen LogP contribution in [0.5, 0.6) is 0 Å². The molecule has 5 heteroatoms. The second-order valence-corrected chi connectivity index (χ2v) is 5.81. The average molecular weight is 292 g/mol. The minimum Gasteiger partial charge on any atom is -0.469 e. The lowest BCUT2D eigenvalue weighted by atomic mass is 10.2. The third-order valence-corrected chi connectivity index (χ3v) is 3.61. The Bertz CT molecular complexity index is 327. The van der Waals surface area contributed by atoms with Crippen LogP contribution in [-0.2, 0) is 16.1 Å². The highest BCUT2D eigenvalue weighted by molar-refractivity contribution is 9.11. The van der Waals surface area contributed by atoms with Crippen molar-refractivity contribution in [2.75, 3.05) is 13.7 Å². The van der Waals surface area contributed by atoms with Crippen molar-refractivity contribution in [3.8, 4) is 0 Å². The van der Waals surface area contributed by atoms with E-state index in [1.807, 2.05) is 13.0 Å². The van der Waals surface area contributed by atoms with Gasteiger partial charge in [-0.1, -0.05) is 6.92 Å². The van der Waals surface area contributed by atoms with Crippen molar-refractivity contribution in [1.29, 1.82) is 0 Å². The summed E-state index contributed by atoms with van der Waals surface area (Å²) in [5.74, 6) is -0.270. The fourth-order valence-electron chi connectivity index (χ4n) is 1.14. The van der Waals surface area contributed by atoms with Crippen molar-refractivity contribution in [3.63, 3.8) is 0 Å². The molecule has 1 rings (SSSR count). The molecular formula is C10H14BrNO2S. The zero-order chi connectivity index (χ0) is 11.3. The van der Waals surface area contributed by atoms with Crippen LogP contribution in [0.4, 0.5) is 0 Å². The minimum absolute atomic E-state index is 0.0987. The monoisotopic (exact) mass is 291 g/mol. The van der Waals surface area contributed by atoms with Gasteiger partial charge in [-0.15, -0.1) is 11.3 Å². The number of hydrogen-bond acceptors (Lipinski definition) is 4. The van der Waals surface area contributed by atoms with Gasteiger partial charge in [-0.05, 0) is 28.1 Å². The van der Waals surface area contributed by atoms with E-state index in [0.29, 0.717) is 6.54 Å². The number of thiophene rings is 1. The van der Waals surface area contributed by atoms with Crippen molar-refractivity contribution in [3.05, 3.63) is 20.8 Å². The second-order valence-electron chi connectivity index (χ2n) is 3.26. The standard InChI is InChI=1S/C10H14BrNO2S/c1-7(10(13)14-2)5-12-6-8-3-4-9(11)15-8/h3-4,7,12H,5-6H2,1-2H3. The lowest BCUT2D eigenvalue weighted by Gasteiger charge is -2.09. The molecule has 0 bridgehead atoms. The third kappa shape index (κ3) is 4.32. The van der Waals surface area contributed by atoms with Gasteiger partial charge in [0, 0.05) is 18.0 Å². The molecule has 0 radical (unpaired) electrons. The van der Waals surface area contributed by atoms with Gasteiger partial charge in [0.1, 0.15) is 0 Å². The summed E-state index contributed by atoms with van der Waals surface area (Å²) in [5, 5.41) is 3.22. The largest absolute Gasteiger partial charge is 0.469 e. The number of hydrogen-bond donors (Lipinski definition) is 1. The van der Waals surface area contributed by atoms with Gasteiger partial charge in [0.05, 0.1) is 16.8 Å². The molecule has 1 atom stereocenters. The van der Waals surface area contributed by atoms with E-state index in [2.05, 4.69) is 32.0 Å². The number of carbonyl (C=O) groups is 1. The number of esters is 1. The molecule has 1 unspecified atom stereocenters. The molecule has 0 aliphatic carbocycles. The van der Waals surface area contributed by atoms with Gasteiger partial charge in [0.2, 0.25) is 0 Å². The van der Waals surface area contributed by atoms with Gasteiger partial charge in [0.15, 0.2) is 0 Å². The lowest BCUT2D eigenvalue weighted by Crippen LogP contribution is -2.26. The Morgan fingerprint density at radius 2 is 2.40 bits per heavy atom. The molecule has 15 heavy (non-hydrogen) atoms. The van der Waals surface area contributed by atoms with E-state index >= 15 is 0 Å². The van der Waals surface area contributed by atoms with Crippen LogP contribution in [0.2, 0.25) is 0 Å². The molecule has 1 aromatic rings. The molecule has 0 amide bonds. The van der Waals surface area contributed by atoms with Crippen molar-refractivity contribution < 1.29 is 9.53 Å². The maximum atomic E-state index is 11.1. The van der Waals surface area contributed by atoms with Crippen LogP contribution in [0, 0.1) is 5.92 Å². The van der Waals surface area contributed by atoms with Crippen LogP contribution in [0.15, 0.2) is 15.9 Å². The molecule has 0 aliphatic rings. The van der Waals surface area contributed by atoms with Crippen LogP contribution in [-0.4, -0.2) is 19.6 Å². The van der Waals surface area contributed by atoms with Crippen LogP contribution < -0.4 is 5.32 Å². The van der Waals surface area contributed by atoms with Crippen molar-refractivity contribution >= 4 is 33.2 Å². The minimum atomic E-state index is -0.171. The number of nitrogens with one attached hydrogen (secondary N) is 1. The fourth-order valence-corrected chi connectivity index (χ4v) is 2.60. The van der Waals surface area contributed by atoms with E-state index in [1.165, 1.54) is 12.0 Å². The SMILES string of the molecule is COC(=O)C(C)CNCc1ccc(Br)s1. The molecule has 0 aliphatic heterocycles. The molecule has 0 aromatic carbocycles. The average Bonchev–Trinajstić information content (AvgIpc) is 2.63. The van der Waals surface area contributed by atoms with Gasteiger partial charge in [0.25, 0.3) is 0 Å². The van der Waals surface area contributed by atoms with Gasteiger partial charge >= 0.3 is 5.97 Å². The predicted molar refractivity (Wildman–Crippen MR) is 64.9 cm³/mol. The first-order valence-corrected chi connectivity index (χ1v) is 6.27.